The molecule has 2 heterocycles. The number of rotatable bonds is 4. The van der Waals surface area contributed by atoms with Crippen LogP contribution in [0.3, 0.4) is 0 Å². The van der Waals surface area contributed by atoms with Crippen molar-refractivity contribution in [3.05, 3.63) is 0 Å². The van der Waals surface area contributed by atoms with E-state index in [1.165, 1.54) is 6.26 Å². The maximum atomic E-state index is 11.4. The second kappa shape index (κ2) is 6.49. The average Bonchev–Trinajstić information content (AvgIpc) is 2.36. The summed E-state index contributed by atoms with van der Waals surface area (Å²) >= 11 is 0. The number of piperidine rings is 1. The van der Waals surface area contributed by atoms with Crippen LogP contribution >= 0.6 is 0 Å². The Morgan fingerprint density at radius 3 is 2.53 bits per heavy atom. The molecule has 2 rings (SSSR count). The lowest BCUT2D eigenvalue weighted by Gasteiger charge is -2.34. The van der Waals surface area contributed by atoms with Crippen LogP contribution in [0, 0.1) is 0 Å². The molecule has 2 aliphatic heterocycles. The largest absolute Gasteiger partial charge is 0.374 e. The monoisotopic (exact) mass is 291 g/mol. The summed E-state index contributed by atoms with van der Waals surface area (Å²) in [5, 5.41) is 3.51. The fraction of sp³-hybridized carbons (Fsp3) is 1.00. The Hall–Kier alpha value is -0.210. The van der Waals surface area contributed by atoms with Gasteiger partial charge in [0.1, 0.15) is 0 Å². The molecule has 0 aliphatic carbocycles. The highest BCUT2D eigenvalue weighted by molar-refractivity contribution is 7.88. The molecular formula is C12H25N3O3S. The van der Waals surface area contributed by atoms with Crippen molar-refractivity contribution in [2.45, 2.75) is 25.0 Å². The topological polar surface area (TPSA) is 61.9 Å². The number of nitrogens with one attached hydrogen (secondary N) is 1. The SMILES string of the molecule is CN1CCOC(CNC2CCN(S(C)(=O)=O)CC2)C1. The van der Waals surface area contributed by atoms with Crippen molar-refractivity contribution in [3.8, 4) is 0 Å². The van der Waals surface area contributed by atoms with Crippen molar-refractivity contribution in [1.29, 1.82) is 0 Å². The Labute approximate surface area is 116 Å². The highest BCUT2D eigenvalue weighted by Gasteiger charge is 2.25. The smallest absolute Gasteiger partial charge is 0.211 e. The zero-order valence-corrected chi connectivity index (χ0v) is 12.7. The van der Waals surface area contributed by atoms with Gasteiger partial charge in [-0.1, -0.05) is 0 Å². The molecule has 2 aliphatic rings. The highest BCUT2D eigenvalue weighted by Crippen LogP contribution is 2.13. The van der Waals surface area contributed by atoms with Crippen LogP contribution in [0.25, 0.3) is 0 Å². The minimum absolute atomic E-state index is 0.256. The van der Waals surface area contributed by atoms with Crippen molar-refractivity contribution in [2.24, 2.45) is 0 Å². The average molecular weight is 291 g/mol. The number of likely N-dealkylation sites (N-methyl/N-ethyl adjacent to an activating group) is 1. The number of hydrogen-bond acceptors (Lipinski definition) is 5. The van der Waals surface area contributed by atoms with Crippen molar-refractivity contribution >= 4 is 10.0 Å². The van der Waals surface area contributed by atoms with E-state index in [4.69, 9.17) is 4.74 Å². The highest BCUT2D eigenvalue weighted by atomic mass is 32.2. The van der Waals surface area contributed by atoms with E-state index in [9.17, 15) is 8.42 Å². The standard InChI is InChI=1S/C12H25N3O3S/c1-14-7-8-18-12(10-14)9-13-11-3-5-15(6-4-11)19(2,16)17/h11-13H,3-10H2,1-2H3. The second-order valence-corrected chi connectivity index (χ2v) is 7.58. The molecule has 0 amide bonds. The van der Waals surface area contributed by atoms with Gasteiger partial charge in [-0.05, 0) is 19.9 Å². The molecule has 0 aromatic heterocycles. The summed E-state index contributed by atoms with van der Waals surface area (Å²) in [6, 6.07) is 0.411. The molecule has 1 N–H and O–H groups in total. The molecule has 0 radical (unpaired) electrons. The first kappa shape index (κ1) is 15.2. The third kappa shape index (κ3) is 4.68. The zero-order chi connectivity index (χ0) is 13.9. The van der Waals surface area contributed by atoms with Gasteiger partial charge in [-0.25, -0.2) is 12.7 Å². The third-order valence-electron chi connectivity index (χ3n) is 3.90. The summed E-state index contributed by atoms with van der Waals surface area (Å²) in [6.07, 6.45) is 3.31. The van der Waals surface area contributed by atoms with Gasteiger partial charge in [-0.15, -0.1) is 0 Å². The Bertz CT molecular complexity index is 380. The van der Waals surface area contributed by atoms with Crippen LogP contribution < -0.4 is 5.32 Å². The van der Waals surface area contributed by atoms with Crippen molar-refractivity contribution < 1.29 is 13.2 Å². The van der Waals surface area contributed by atoms with Gasteiger partial charge in [0.2, 0.25) is 10.0 Å². The van der Waals surface area contributed by atoms with E-state index in [1.54, 1.807) is 4.31 Å². The summed E-state index contributed by atoms with van der Waals surface area (Å²) in [6.45, 7) is 4.88. The normalized spacial score (nSPS) is 28.6. The van der Waals surface area contributed by atoms with E-state index >= 15 is 0 Å². The first-order valence-electron chi connectivity index (χ1n) is 6.94. The second-order valence-electron chi connectivity index (χ2n) is 5.60. The van der Waals surface area contributed by atoms with E-state index < -0.39 is 10.0 Å². The van der Waals surface area contributed by atoms with Gasteiger partial charge >= 0.3 is 0 Å². The maximum Gasteiger partial charge on any atom is 0.211 e. The van der Waals surface area contributed by atoms with Crippen LogP contribution in [0.5, 0.6) is 0 Å². The molecule has 1 unspecified atom stereocenters. The number of morpholine rings is 1. The van der Waals surface area contributed by atoms with Gasteiger partial charge in [0.15, 0.2) is 0 Å². The quantitative estimate of drug-likeness (QED) is 0.744. The molecule has 6 nitrogen and oxygen atoms in total. The van der Waals surface area contributed by atoms with Crippen LogP contribution in [0.15, 0.2) is 0 Å². The molecule has 0 aromatic carbocycles. The van der Waals surface area contributed by atoms with Crippen LogP contribution in [0.1, 0.15) is 12.8 Å². The summed E-state index contributed by atoms with van der Waals surface area (Å²) in [5.74, 6) is 0. The lowest BCUT2D eigenvalue weighted by atomic mass is 10.1. The molecule has 112 valence electrons. The molecule has 1 atom stereocenters. The lowest BCUT2D eigenvalue weighted by Crippen LogP contribution is -2.49. The lowest BCUT2D eigenvalue weighted by molar-refractivity contribution is -0.0198. The summed E-state index contributed by atoms with van der Waals surface area (Å²) in [5.41, 5.74) is 0. The van der Waals surface area contributed by atoms with Crippen LogP contribution in [-0.4, -0.2) is 82.4 Å². The Balaban J connectivity index is 1.68. The fourth-order valence-electron chi connectivity index (χ4n) is 2.68. The zero-order valence-electron chi connectivity index (χ0n) is 11.8. The van der Waals surface area contributed by atoms with E-state index in [1.807, 2.05) is 0 Å². The van der Waals surface area contributed by atoms with E-state index in [0.29, 0.717) is 19.1 Å². The predicted molar refractivity (Wildman–Crippen MR) is 74.7 cm³/mol. The third-order valence-corrected chi connectivity index (χ3v) is 5.20. The maximum absolute atomic E-state index is 11.4. The molecular weight excluding hydrogens is 266 g/mol. The van der Waals surface area contributed by atoms with Crippen LogP contribution in [0.2, 0.25) is 0 Å². The van der Waals surface area contributed by atoms with Gasteiger partial charge in [0.05, 0.1) is 19.0 Å². The molecule has 2 fully saturated rings. The number of sulfonamides is 1. The molecule has 0 bridgehead atoms. The predicted octanol–water partition coefficient (Wildman–Crippen LogP) is -0.669. The molecule has 7 heteroatoms. The summed E-state index contributed by atoms with van der Waals surface area (Å²) < 4.78 is 30.1. The van der Waals surface area contributed by atoms with Gasteiger partial charge in [-0.2, -0.15) is 0 Å². The number of ether oxygens (including phenoxy) is 1. The fourth-order valence-corrected chi connectivity index (χ4v) is 3.55. The Morgan fingerprint density at radius 1 is 1.26 bits per heavy atom. The van der Waals surface area contributed by atoms with E-state index in [-0.39, 0.29) is 6.10 Å². The van der Waals surface area contributed by atoms with E-state index in [2.05, 4.69) is 17.3 Å². The van der Waals surface area contributed by atoms with Gasteiger partial charge < -0.3 is 15.0 Å². The summed E-state index contributed by atoms with van der Waals surface area (Å²) in [7, 11) is -0.907. The van der Waals surface area contributed by atoms with Crippen molar-refractivity contribution in [2.75, 3.05) is 52.6 Å². The molecule has 2 saturated heterocycles. The minimum atomic E-state index is -3.02. The van der Waals surface area contributed by atoms with Gasteiger partial charge in [0, 0.05) is 38.8 Å². The first-order valence-corrected chi connectivity index (χ1v) is 8.78. The molecule has 0 spiro atoms. The first-order chi connectivity index (χ1) is 8.95. The number of hydrogen-bond donors (Lipinski definition) is 1. The van der Waals surface area contributed by atoms with Crippen LogP contribution in [0.4, 0.5) is 0 Å². The minimum Gasteiger partial charge on any atom is -0.374 e. The molecule has 0 aromatic rings. The summed E-state index contributed by atoms with van der Waals surface area (Å²) in [4.78, 5) is 2.28. The van der Waals surface area contributed by atoms with Crippen LogP contribution in [-0.2, 0) is 14.8 Å². The van der Waals surface area contributed by atoms with E-state index in [0.717, 1.165) is 39.1 Å². The number of nitrogens with zero attached hydrogens (tertiary/aromatic N) is 2. The van der Waals surface area contributed by atoms with Gasteiger partial charge in [-0.3, -0.25) is 0 Å². The van der Waals surface area contributed by atoms with Crippen molar-refractivity contribution in [3.63, 3.8) is 0 Å². The van der Waals surface area contributed by atoms with Gasteiger partial charge in [0.25, 0.3) is 0 Å². The van der Waals surface area contributed by atoms with Crippen molar-refractivity contribution in [1.82, 2.24) is 14.5 Å². The Kier molecular flexibility index (Phi) is 5.19. The molecule has 19 heavy (non-hydrogen) atoms. The molecule has 0 saturated carbocycles. The Morgan fingerprint density at radius 2 is 1.95 bits per heavy atom.